The number of carbonyl (C=O) groups excluding carboxylic acids is 1. The van der Waals surface area contributed by atoms with Crippen molar-refractivity contribution in [2.45, 2.75) is 83.1 Å². The van der Waals surface area contributed by atoms with Crippen LogP contribution >= 0.6 is 0 Å². The van der Waals surface area contributed by atoms with E-state index in [2.05, 4.69) is 13.8 Å². The lowest BCUT2D eigenvalue weighted by molar-refractivity contribution is -0.366. The highest BCUT2D eigenvalue weighted by atomic mass is 16.8. The molecule has 1 aliphatic carbocycles. The van der Waals surface area contributed by atoms with Gasteiger partial charge in [-0.2, -0.15) is 0 Å². The Kier molecular flexibility index (Phi) is 6.17. The maximum atomic E-state index is 12.2. The first-order valence-electron chi connectivity index (χ1n) is 11.0. The number of hydrogen-bond acceptors (Lipinski definition) is 9. The molecule has 9 heteroatoms. The molecule has 12 atom stereocenters. The zero-order valence-corrected chi connectivity index (χ0v) is 17.7. The van der Waals surface area contributed by atoms with E-state index in [1.54, 1.807) is 0 Å². The van der Waals surface area contributed by atoms with Crippen molar-refractivity contribution in [1.82, 2.24) is 0 Å². The fourth-order valence-corrected chi connectivity index (χ4v) is 6.09. The third-order valence-corrected chi connectivity index (χ3v) is 7.92. The van der Waals surface area contributed by atoms with Gasteiger partial charge in [-0.3, -0.25) is 4.79 Å². The molecule has 4 N–H and O–H groups in total. The molecule has 0 bridgehead atoms. The van der Waals surface area contributed by atoms with Gasteiger partial charge in [0.15, 0.2) is 12.6 Å². The topological polar surface area (TPSA) is 135 Å². The number of hydrogen-bond donors (Lipinski definition) is 4. The van der Waals surface area contributed by atoms with Crippen molar-refractivity contribution in [3.05, 3.63) is 0 Å². The van der Waals surface area contributed by atoms with Crippen molar-refractivity contribution < 1.29 is 44.2 Å². The molecular weight excluding hydrogens is 396 g/mol. The van der Waals surface area contributed by atoms with E-state index in [9.17, 15) is 25.2 Å². The first kappa shape index (κ1) is 22.4. The molecule has 4 rings (SSSR count). The Labute approximate surface area is 176 Å². The van der Waals surface area contributed by atoms with E-state index in [0.717, 1.165) is 12.8 Å². The number of carbonyl (C=O) groups is 1. The van der Waals surface area contributed by atoms with Crippen LogP contribution in [0.15, 0.2) is 0 Å². The molecule has 7 unspecified atom stereocenters. The number of aliphatic hydroxyl groups is 4. The molecule has 0 spiro atoms. The summed E-state index contributed by atoms with van der Waals surface area (Å²) in [6, 6.07) is 0. The van der Waals surface area contributed by atoms with Gasteiger partial charge in [0.1, 0.15) is 30.5 Å². The summed E-state index contributed by atoms with van der Waals surface area (Å²) >= 11 is 0. The summed E-state index contributed by atoms with van der Waals surface area (Å²) < 4.78 is 23.3. The Morgan fingerprint density at radius 1 is 1.17 bits per heavy atom. The van der Waals surface area contributed by atoms with E-state index < -0.39 is 49.0 Å². The van der Waals surface area contributed by atoms with Gasteiger partial charge >= 0.3 is 5.97 Å². The van der Waals surface area contributed by atoms with Crippen LogP contribution in [0.25, 0.3) is 0 Å². The van der Waals surface area contributed by atoms with Gasteiger partial charge in [0.05, 0.1) is 19.1 Å². The largest absolute Gasteiger partial charge is 0.462 e. The average molecular weight is 430 g/mol. The van der Waals surface area contributed by atoms with Crippen molar-refractivity contribution in [2.75, 3.05) is 13.2 Å². The van der Waals surface area contributed by atoms with Gasteiger partial charge < -0.3 is 39.4 Å². The number of aliphatic hydroxyl groups excluding tert-OH is 4. The predicted molar refractivity (Wildman–Crippen MR) is 102 cm³/mol. The molecular formula is C21H34O9. The minimum atomic E-state index is -1.51. The van der Waals surface area contributed by atoms with Gasteiger partial charge in [-0.15, -0.1) is 0 Å². The fraction of sp³-hybridized carbons (Fsp3) is 0.952. The quantitative estimate of drug-likeness (QED) is 0.448. The summed E-state index contributed by atoms with van der Waals surface area (Å²) in [6.45, 7) is 6.11. The van der Waals surface area contributed by atoms with Gasteiger partial charge in [-0.1, -0.05) is 20.8 Å². The molecule has 4 aliphatic rings. The van der Waals surface area contributed by atoms with Crippen molar-refractivity contribution >= 4 is 5.97 Å². The third-order valence-electron chi connectivity index (χ3n) is 7.92. The van der Waals surface area contributed by atoms with Crippen LogP contribution in [0.2, 0.25) is 0 Å². The van der Waals surface area contributed by atoms with Crippen LogP contribution in [0, 0.1) is 29.1 Å². The van der Waals surface area contributed by atoms with E-state index in [1.807, 2.05) is 6.92 Å². The summed E-state index contributed by atoms with van der Waals surface area (Å²) in [5.74, 6) is 0.234. The predicted octanol–water partition coefficient (Wildman–Crippen LogP) is -0.221. The number of esters is 1. The zero-order chi connectivity index (χ0) is 21.8. The molecule has 1 saturated carbocycles. The lowest BCUT2D eigenvalue weighted by Gasteiger charge is -2.50. The summed E-state index contributed by atoms with van der Waals surface area (Å²) in [4.78, 5) is 12.2. The van der Waals surface area contributed by atoms with Crippen LogP contribution in [0.4, 0.5) is 0 Å². The van der Waals surface area contributed by atoms with Crippen molar-refractivity contribution in [1.29, 1.82) is 0 Å². The molecule has 0 aromatic heterocycles. The van der Waals surface area contributed by atoms with Crippen molar-refractivity contribution in [3.63, 3.8) is 0 Å². The van der Waals surface area contributed by atoms with E-state index >= 15 is 0 Å². The summed E-state index contributed by atoms with van der Waals surface area (Å²) in [6.07, 6.45) is -5.26. The zero-order valence-electron chi connectivity index (χ0n) is 17.7. The molecule has 0 radical (unpaired) electrons. The Morgan fingerprint density at radius 2 is 1.90 bits per heavy atom. The molecule has 4 fully saturated rings. The van der Waals surface area contributed by atoms with Crippen LogP contribution in [0.3, 0.4) is 0 Å². The Hall–Kier alpha value is -0.810. The molecule has 0 aromatic carbocycles. The highest BCUT2D eigenvalue weighted by molar-refractivity contribution is 5.74. The van der Waals surface area contributed by atoms with Crippen LogP contribution < -0.4 is 0 Å². The van der Waals surface area contributed by atoms with Crippen LogP contribution in [0.5, 0.6) is 0 Å². The normalized spacial score (nSPS) is 54.1. The smallest absolute Gasteiger partial charge is 0.309 e. The Morgan fingerprint density at radius 3 is 2.60 bits per heavy atom. The maximum absolute atomic E-state index is 12.2. The standard InChI is InChI=1S/C21H34O9/c1-9-6-13-11(10(2)18(26)28-13)7-21(3)12(9)4-5-27-20(21)30-19-17(25)16(24)15(23)14(8-22)29-19/h9-17,19-20,22-25H,4-8H2,1-3H3/t9?,10?,11?,12?,13?,14-,15-,16+,17-,19+,20?,21?/m1/s1. The third kappa shape index (κ3) is 3.58. The molecule has 9 nitrogen and oxygen atoms in total. The van der Waals surface area contributed by atoms with Gasteiger partial charge in [-0.25, -0.2) is 0 Å². The Bertz CT molecular complexity index is 642. The Balaban J connectivity index is 1.58. The second kappa shape index (κ2) is 8.27. The average Bonchev–Trinajstić information content (AvgIpc) is 2.89. The molecule has 30 heavy (non-hydrogen) atoms. The summed E-state index contributed by atoms with van der Waals surface area (Å²) in [5.41, 5.74) is -0.460. The van der Waals surface area contributed by atoms with E-state index in [0.29, 0.717) is 13.0 Å². The minimum absolute atomic E-state index is 0.0533. The van der Waals surface area contributed by atoms with Gasteiger partial charge in [-0.05, 0) is 31.1 Å². The minimum Gasteiger partial charge on any atom is -0.462 e. The van der Waals surface area contributed by atoms with Gasteiger partial charge in [0, 0.05) is 11.3 Å². The molecule has 172 valence electrons. The molecule has 3 aliphatic heterocycles. The van der Waals surface area contributed by atoms with Crippen LogP contribution in [-0.4, -0.2) is 82.7 Å². The summed E-state index contributed by atoms with van der Waals surface area (Å²) in [5, 5.41) is 40.0. The van der Waals surface area contributed by atoms with Gasteiger partial charge in [0.2, 0.25) is 0 Å². The first-order chi connectivity index (χ1) is 14.2. The van der Waals surface area contributed by atoms with Crippen molar-refractivity contribution in [2.24, 2.45) is 29.1 Å². The molecule has 0 aromatic rings. The number of ether oxygens (including phenoxy) is 4. The second-order valence-corrected chi connectivity index (χ2v) is 9.78. The molecule has 3 saturated heterocycles. The first-order valence-corrected chi connectivity index (χ1v) is 11.0. The maximum Gasteiger partial charge on any atom is 0.309 e. The summed E-state index contributed by atoms with van der Waals surface area (Å²) in [7, 11) is 0. The van der Waals surface area contributed by atoms with Gasteiger partial charge in [0.25, 0.3) is 0 Å². The number of fused-ring (bicyclic) bond motifs is 2. The SMILES string of the molecule is CC1CC2OC(=O)C(C)C2CC2(C)C(O[C@@H]3O[C@H](CO)[C@@H](O)[C@H](O)[C@H]3O)OCCC12. The monoisotopic (exact) mass is 430 g/mol. The fourth-order valence-electron chi connectivity index (χ4n) is 6.09. The van der Waals surface area contributed by atoms with Crippen LogP contribution in [-0.2, 0) is 23.7 Å². The highest BCUT2D eigenvalue weighted by Crippen LogP contribution is 2.55. The van der Waals surface area contributed by atoms with E-state index in [1.165, 1.54) is 0 Å². The number of rotatable bonds is 3. The van der Waals surface area contributed by atoms with Crippen LogP contribution in [0.1, 0.15) is 40.0 Å². The lowest BCUT2D eigenvalue weighted by atomic mass is 9.65. The molecule has 0 amide bonds. The second-order valence-electron chi connectivity index (χ2n) is 9.78. The van der Waals surface area contributed by atoms with E-state index in [4.69, 9.17) is 18.9 Å². The van der Waals surface area contributed by atoms with Crippen molar-refractivity contribution in [3.8, 4) is 0 Å². The molecule has 3 heterocycles. The highest BCUT2D eigenvalue weighted by Gasteiger charge is 2.57. The van der Waals surface area contributed by atoms with E-state index in [-0.39, 0.29) is 35.7 Å². The lowest BCUT2D eigenvalue weighted by Crippen LogP contribution is -2.61.